The Balaban J connectivity index is 2.72. The number of esters is 1. The number of nitrogens with two attached hydrogens (primary N) is 1. The summed E-state index contributed by atoms with van der Waals surface area (Å²) in [4.78, 5) is 11.2. The van der Waals surface area contributed by atoms with Crippen LogP contribution in [0.15, 0.2) is 30.3 Å². The van der Waals surface area contributed by atoms with Crippen LogP contribution in [0.3, 0.4) is 0 Å². The lowest BCUT2D eigenvalue weighted by Crippen LogP contribution is -2.26. The van der Waals surface area contributed by atoms with Gasteiger partial charge in [-0.15, -0.1) is 0 Å². The van der Waals surface area contributed by atoms with Crippen molar-refractivity contribution in [2.75, 3.05) is 7.11 Å². The van der Waals surface area contributed by atoms with Crippen LogP contribution in [0.25, 0.3) is 0 Å². The van der Waals surface area contributed by atoms with Gasteiger partial charge >= 0.3 is 5.97 Å². The summed E-state index contributed by atoms with van der Waals surface area (Å²) in [5.41, 5.74) is 6.58. The molecule has 0 heterocycles. The van der Waals surface area contributed by atoms with Gasteiger partial charge in [-0.25, -0.2) is 0 Å². The van der Waals surface area contributed by atoms with Gasteiger partial charge in [0.1, 0.15) is 0 Å². The molecule has 0 aliphatic heterocycles. The van der Waals surface area contributed by atoms with E-state index >= 15 is 0 Å². The fourth-order valence-corrected chi connectivity index (χ4v) is 1.13. The Morgan fingerprint density at radius 3 is 2.79 bits per heavy atom. The molecule has 0 spiro atoms. The minimum absolute atomic E-state index is 0.295. The van der Waals surface area contributed by atoms with Gasteiger partial charge < -0.3 is 10.5 Å². The summed E-state index contributed by atoms with van der Waals surface area (Å²) in [5, 5.41) is 0. The normalized spacial score (nSPS) is 15.3. The molecule has 0 fully saturated rings. The van der Waals surface area contributed by atoms with Crippen LogP contribution in [-0.2, 0) is 16.0 Å². The molecule has 1 atom stereocenters. The zero-order valence-electron chi connectivity index (χ0n) is 10.1. The number of methoxy groups -OCH3 is 1. The van der Waals surface area contributed by atoms with E-state index in [0.29, 0.717) is 6.42 Å². The minimum atomic E-state index is -2.16. The molecule has 14 heavy (non-hydrogen) atoms. The first kappa shape index (κ1) is 8.00. The van der Waals surface area contributed by atoms with Crippen LogP contribution in [-0.4, -0.2) is 19.1 Å². The first-order valence-corrected chi connectivity index (χ1v) is 4.36. The molecule has 0 saturated carbocycles. The lowest BCUT2D eigenvalue weighted by atomic mass is 10.0. The van der Waals surface area contributed by atoms with E-state index in [1.165, 1.54) is 0 Å². The molecule has 0 bridgehead atoms. The lowest BCUT2D eigenvalue weighted by molar-refractivity contribution is -0.140. The maximum absolute atomic E-state index is 11.2. The Morgan fingerprint density at radius 2 is 2.21 bits per heavy atom. The van der Waals surface area contributed by atoms with Crippen LogP contribution in [0, 0.1) is 0 Å². The molecule has 1 aromatic carbocycles. The Bertz CT molecular complexity index is 354. The summed E-state index contributed by atoms with van der Waals surface area (Å²) in [6.45, 7) is 0. The minimum Gasteiger partial charge on any atom is -0.469 e. The smallest absolute Gasteiger partial charge is 0.307 e. The van der Waals surface area contributed by atoms with Gasteiger partial charge in [0.25, 0.3) is 0 Å². The molecule has 1 aromatic rings. The number of ether oxygens (including phenoxy) is 1. The van der Waals surface area contributed by atoms with Gasteiger partial charge in [-0.2, -0.15) is 0 Å². The van der Waals surface area contributed by atoms with Crippen LogP contribution < -0.4 is 5.73 Å². The Morgan fingerprint density at radius 1 is 1.57 bits per heavy atom. The van der Waals surface area contributed by atoms with E-state index in [1.807, 2.05) is 30.3 Å². The Kier molecular flexibility index (Phi) is 3.08. The number of benzene rings is 1. The SMILES string of the molecule is [2H]C([2H])(C(=O)OC)[C@@H](N)Cc1ccccc1. The summed E-state index contributed by atoms with van der Waals surface area (Å²) >= 11 is 0. The van der Waals surface area contributed by atoms with Crippen LogP contribution in [0.1, 0.15) is 14.7 Å². The topological polar surface area (TPSA) is 52.3 Å². The largest absolute Gasteiger partial charge is 0.469 e. The number of hydrogen-bond acceptors (Lipinski definition) is 3. The van der Waals surface area contributed by atoms with Crippen LogP contribution in [0.5, 0.6) is 0 Å². The third-order valence-corrected chi connectivity index (χ3v) is 1.79. The molecule has 0 radical (unpaired) electrons. The first-order chi connectivity index (χ1) is 7.48. The van der Waals surface area contributed by atoms with Crippen molar-refractivity contribution in [1.29, 1.82) is 0 Å². The molecule has 0 aromatic heterocycles. The summed E-state index contributed by atoms with van der Waals surface area (Å²) in [6.07, 6.45) is -1.87. The van der Waals surface area contributed by atoms with Gasteiger partial charge in [-0.3, -0.25) is 4.79 Å². The molecule has 3 heteroatoms. The highest BCUT2D eigenvalue weighted by Gasteiger charge is 2.09. The molecule has 3 nitrogen and oxygen atoms in total. The molecule has 0 saturated heterocycles. The van der Waals surface area contributed by atoms with Gasteiger partial charge in [0.2, 0.25) is 0 Å². The first-order valence-electron chi connectivity index (χ1n) is 5.36. The van der Waals surface area contributed by atoms with Gasteiger partial charge in [0, 0.05) is 8.78 Å². The van der Waals surface area contributed by atoms with E-state index in [-0.39, 0.29) is 0 Å². The van der Waals surface area contributed by atoms with Crippen LogP contribution >= 0.6 is 0 Å². The molecule has 0 amide bonds. The van der Waals surface area contributed by atoms with Crippen molar-refractivity contribution < 1.29 is 12.3 Å². The quantitative estimate of drug-likeness (QED) is 0.732. The molecule has 0 aliphatic rings. The van der Waals surface area contributed by atoms with Crippen molar-refractivity contribution in [2.24, 2.45) is 5.73 Å². The van der Waals surface area contributed by atoms with Gasteiger partial charge in [-0.1, -0.05) is 30.3 Å². The van der Waals surface area contributed by atoms with Crippen molar-refractivity contribution in [3.63, 3.8) is 0 Å². The number of rotatable bonds is 4. The van der Waals surface area contributed by atoms with Gasteiger partial charge in [0.05, 0.1) is 13.5 Å². The van der Waals surface area contributed by atoms with E-state index < -0.39 is 18.4 Å². The zero-order chi connectivity index (χ0) is 12.2. The van der Waals surface area contributed by atoms with Crippen molar-refractivity contribution in [3.8, 4) is 0 Å². The second-order valence-corrected chi connectivity index (χ2v) is 2.93. The van der Waals surface area contributed by atoms with Crippen LogP contribution in [0.2, 0.25) is 0 Å². The lowest BCUT2D eigenvalue weighted by Gasteiger charge is -2.09. The molecule has 76 valence electrons. The highest BCUT2D eigenvalue weighted by molar-refractivity contribution is 5.69. The third-order valence-electron chi connectivity index (χ3n) is 1.79. The van der Waals surface area contributed by atoms with Crippen molar-refractivity contribution in [2.45, 2.75) is 18.8 Å². The highest BCUT2D eigenvalue weighted by Crippen LogP contribution is 2.04. The summed E-state index contributed by atoms with van der Waals surface area (Å²) < 4.78 is 19.5. The van der Waals surface area contributed by atoms with Gasteiger partial charge in [-0.05, 0) is 12.0 Å². The number of carbonyl (C=O) groups is 1. The molecular formula is C11H15NO2. The number of hydrogen-bond donors (Lipinski definition) is 1. The molecule has 2 N–H and O–H groups in total. The maximum Gasteiger partial charge on any atom is 0.307 e. The average molecular weight is 195 g/mol. The van der Waals surface area contributed by atoms with Crippen molar-refractivity contribution in [1.82, 2.24) is 0 Å². The molecular weight excluding hydrogens is 178 g/mol. The predicted molar refractivity (Wildman–Crippen MR) is 54.8 cm³/mol. The second-order valence-electron chi connectivity index (χ2n) is 2.93. The van der Waals surface area contributed by atoms with Gasteiger partial charge in [0.15, 0.2) is 0 Å². The fraction of sp³-hybridized carbons (Fsp3) is 0.364. The number of carbonyl (C=O) groups excluding carboxylic acids is 1. The van der Waals surface area contributed by atoms with E-state index in [1.54, 1.807) is 0 Å². The average Bonchev–Trinajstić information content (AvgIpc) is 2.29. The Hall–Kier alpha value is -1.35. The Labute approximate surface area is 86.7 Å². The van der Waals surface area contributed by atoms with E-state index in [4.69, 9.17) is 8.48 Å². The monoisotopic (exact) mass is 195 g/mol. The molecule has 0 unspecified atom stereocenters. The van der Waals surface area contributed by atoms with Crippen LogP contribution in [0.4, 0.5) is 0 Å². The maximum atomic E-state index is 11.2. The van der Waals surface area contributed by atoms with E-state index in [9.17, 15) is 4.79 Å². The standard InChI is InChI=1S/C11H15NO2/c1-14-11(13)8-10(12)7-9-5-3-2-4-6-9/h2-6,10H,7-8,12H2,1H3/t10-/m0/s1/i8D2. The fourth-order valence-electron chi connectivity index (χ4n) is 1.13. The second kappa shape index (κ2) is 5.40. The van der Waals surface area contributed by atoms with E-state index in [0.717, 1.165) is 12.7 Å². The molecule has 1 rings (SSSR count). The van der Waals surface area contributed by atoms with E-state index in [2.05, 4.69) is 4.74 Å². The summed E-state index contributed by atoms with van der Waals surface area (Å²) in [6, 6.07) is 8.32. The summed E-state index contributed by atoms with van der Waals surface area (Å²) in [5.74, 6) is -0.934. The van der Waals surface area contributed by atoms with Crippen molar-refractivity contribution in [3.05, 3.63) is 35.9 Å². The highest BCUT2D eigenvalue weighted by atomic mass is 16.5. The van der Waals surface area contributed by atoms with Crippen molar-refractivity contribution >= 4 is 5.97 Å². The zero-order valence-corrected chi connectivity index (χ0v) is 8.07. The summed E-state index contributed by atoms with van der Waals surface area (Å²) in [7, 11) is 1.15. The molecule has 0 aliphatic carbocycles. The third kappa shape index (κ3) is 3.58. The predicted octanol–water partition coefficient (Wildman–Crippen LogP) is 1.12.